The first-order chi connectivity index (χ1) is 15.9. The highest BCUT2D eigenvalue weighted by atomic mass is 31.1. The Labute approximate surface area is 219 Å². The molecule has 0 saturated heterocycles. The van der Waals surface area contributed by atoms with E-state index >= 15 is 0 Å². The molecule has 0 atom stereocenters. The molecule has 0 nitrogen and oxygen atoms in total. The lowest BCUT2D eigenvalue weighted by Crippen LogP contribution is -2.29. The maximum Gasteiger partial charge on any atom is -0.0129 e. The van der Waals surface area contributed by atoms with Crippen LogP contribution in [0.15, 0.2) is 36.4 Å². The van der Waals surface area contributed by atoms with Gasteiger partial charge in [0.2, 0.25) is 0 Å². The second-order valence-corrected chi connectivity index (χ2v) is 17.7. The van der Waals surface area contributed by atoms with Gasteiger partial charge in [-0.25, -0.2) is 0 Å². The number of hydrogen-bond donors (Lipinski definition) is 0. The van der Waals surface area contributed by atoms with E-state index in [0.717, 1.165) is 5.66 Å². The monoisotopic (exact) mass is 492 g/mol. The van der Waals surface area contributed by atoms with Crippen LogP contribution in [0.25, 0.3) is 0 Å². The van der Waals surface area contributed by atoms with E-state index in [4.69, 9.17) is 0 Å². The Hall–Kier alpha value is -1.13. The first-order valence-electron chi connectivity index (χ1n) is 14.0. The van der Waals surface area contributed by atoms with Crippen LogP contribution in [0.1, 0.15) is 137 Å². The number of hydrogen-bond acceptors (Lipinski definition) is 0. The maximum atomic E-state index is 2.59. The molecule has 2 aromatic rings. The number of benzene rings is 2. The molecule has 0 aromatic heterocycles. The van der Waals surface area contributed by atoms with Crippen LogP contribution in [0.3, 0.4) is 0 Å². The Bertz CT molecular complexity index is 869. The van der Waals surface area contributed by atoms with Crippen LogP contribution in [0, 0.1) is 0 Å². The summed E-state index contributed by atoms with van der Waals surface area (Å²) in [5.74, 6) is 0. The zero-order chi connectivity index (χ0) is 26.4. The van der Waals surface area contributed by atoms with Crippen LogP contribution in [-0.2, 0) is 21.7 Å². The minimum Gasteiger partial charge on any atom is -0.0561 e. The van der Waals surface area contributed by atoms with Crippen LogP contribution in [0.4, 0.5) is 0 Å². The Morgan fingerprint density at radius 2 is 0.743 bits per heavy atom. The van der Waals surface area contributed by atoms with Crippen LogP contribution < -0.4 is 10.6 Å². The zero-order valence-corrected chi connectivity index (χ0v) is 25.9. The Morgan fingerprint density at radius 1 is 0.457 bits per heavy atom. The Balaban J connectivity index is 2.33. The third kappa shape index (κ3) is 7.01. The summed E-state index contributed by atoms with van der Waals surface area (Å²) in [6, 6.07) is 15.4. The molecule has 0 heterocycles. The molecule has 1 saturated carbocycles. The molecule has 35 heavy (non-hydrogen) atoms. The minimum absolute atomic E-state index is 0.146. The van der Waals surface area contributed by atoms with Crippen LogP contribution in [0.5, 0.6) is 0 Å². The quantitative estimate of drug-likeness (QED) is 0.374. The van der Waals surface area contributed by atoms with Crippen LogP contribution in [0.2, 0.25) is 0 Å². The lowest BCUT2D eigenvalue weighted by molar-refractivity contribution is 0.513. The van der Waals surface area contributed by atoms with E-state index in [0.29, 0.717) is 0 Å². The largest absolute Gasteiger partial charge is 0.0561 e. The summed E-state index contributed by atoms with van der Waals surface area (Å²) in [7, 11) is -0.422. The molecule has 3 rings (SSSR count). The summed E-state index contributed by atoms with van der Waals surface area (Å²) in [5, 5.41) is 3.21. The molecule has 1 aliphatic carbocycles. The molecule has 0 spiro atoms. The molecule has 2 aromatic carbocycles. The maximum absolute atomic E-state index is 2.59. The van der Waals surface area contributed by atoms with Gasteiger partial charge < -0.3 is 0 Å². The first kappa shape index (κ1) is 28.4. The minimum atomic E-state index is -0.422. The van der Waals surface area contributed by atoms with Gasteiger partial charge in [-0.15, -0.1) is 0 Å². The summed E-state index contributed by atoms with van der Waals surface area (Å²) in [5.41, 5.74) is 7.33. The molecule has 1 heteroatoms. The van der Waals surface area contributed by atoms with E-state index in [-0.39, 0.29) is 21.7 Å². The van der Waals surface area contributed by atoms with Crippen molar-refractivity contribution in [2.24, 2.45) is 0 Å². The van der Waals surface area contributed by atoms with Crippen molar-refractivity contribution < 1.29 is 0 Å². The molecule has 1 fully saturated rings. The second kappa shape index (κ2) is 9.97. The third-order valence-corrected chi connectivity index (χ3v) is 10.7. The van der Waals surface area contributed by atoms with E-state index in [1.807, 2.05) is 0 Å². The van der Waals surface area contributed by atoms with Gasteiger partial charge in [0, 0.05) is 0 Å². The van der Waals surface area contributed by atoms with Gasteiger partial charge >= 0.3 is 0 Å². The van der Waals surface area contributed by atoms with Gasteiger partial charge in [0.25, 0.3) is 0 Å². The van der Waals surface area contributed by atoms with Gasteiger partial charge in [0.1, 0.15) is 0 Å². The Kier molecular flexibility index (Phi) is 8.10. The smallest absolute Gasteiger partial charge is 0.0129 e. The van der Waals surface area contributed by atoms with Crippen molar-refractivity contribution in [3.05, 3.63) is 58.7 Å². The molecule has 0 unspecified atom stereocenters. The highest BCUT2D eigenvalue weighted by Crippen LogP contribution is 2.48. The summed E-state index contributed by atoms with van der Waals surface area (Å²) in [6.07, 6.45) is 6.94. The van der Waals surface area contributed by atoms with Crippen molar-refractivity contribution in [1.82, 2.24) is 0 Å². The van der Waals surface area contributed by atoms with E-state index in [2.05, 4.69) is 119 Å². The van der Waals surface area contributed by atoms with Gasteiger partial charge in [-0.1, -0.05) is 139 Å². The van der Waals surface area contributed by atoms with E-state index in [1.165, 1.54) is 54.4 Å². The van der Waals surface area contributed by atoms with Gasteiger partial charge in [-0.3, -0.25) is 0 Å². The topological polar surface area (TPSA) is 0 Å². The first-order valence-corrected chi connectivity index (χ1v) is 15.4. The molecule has 0 aliphatic heterocycles. The summed E-state index contributed by atoms with van der Waals surface area (Å²) in [4.78, 5) is 0. The lowest BCUT2D eigenvalue weighted by Gasteiger charge is -2.36. The fourth-order valence-corrected chi connectivity index (χ4v) is 8.28. The van der Waals surface area contributed by atoms with E-state index in [9.17, 15) is 0 Å². The molecular formula is C34H53P. The van der Waals surface area contributed by atoms with Crippen molar-refractivity contribution in [2.45, 2.75) is 143 Å². The fraction of sp³-hybridized carbons (Fsp3) is 0.647. The fourth-order valence-electron chi connectivity index (χ4n) is 5.14. The molecule has 0 bridgehead atoms. The Morgan fingerprint density at radius 3 is 1.00 bits per heavy atom. The standard InChI is InChI=1S/C34H53P/c1-31(2,3)24-18-25(32(4,5)6)21-29(20-24)35(28-16-14-13-15-17-28)30-22-26(33(7,8)9)19-27(23-30)34(10,11)12/h18-23,28H,13-17H2,1-12H3. The molecule has 0 radical (unpaired) electrons. The SMILES string of the molecule is CC(C)(C)c1cc(P(c2cc(C(C)(C)C)cc(C(C)(C)C)c2)C2CCCCC2)cc(C(C)(C)C)c1. The molecule has 0 amide bonds. The average molecular weight is 493 g/mol. The zero-order valence-electron chi connectivity index (χ0n) is 25.0. The predicted octanol–water partition coefficient (Wildman–Crippen LogP) is 9.64. The summed E-state index contributed by atoms with van der Waals surface area (Å²) in [6.45, 7) is 28.5. The van der Waals surface area contributed by atoms with Crippen molar-refractivity contribution in [2.75, 3.05) is 0 Å². The van der Waals surface area contributed by atoms with Crippen LogP contribution in [-0.4, -0.2) is 5.66 Å². The van der Waals surface area contributed by atoms with Crippen LogP contribution >= 0.6 is 7.92 Å². The van der Waals surface area contributed by atoms with Gasteiger partial charge in [0.05, 0.1) is 0 Å². The van der Waals surface area contributed by atoms with Crippen molar-refractivity contribution in [3.8, 4) is 0 Å². The van der Waals surface area contributed by atoms with E-state index in [1.54, 1.807) is 10.6 Å². The summed E-state index contributed by atoms with van der Waals surface area (Å²) < 4.78 is 0. The molecule has 194 valence electrons. The number of rotatable bonds is 3. The second-order valence-electron chi connectivity index (χ2n) is 15.2. The predicted molar refractivity (Wildman–Crippen MR) is 161 cm³/mol. The van der Waals surface area contributed by atoms with Crippen molar-refractivity contribution >= 4 is 18.5 Å². The summed E-state index contributed by atoms with van der Waals surface area (Å²) >= 11 is 0. The van der Waals surface area contributed by atoms with E-state index < -0.39 is 7.92 Å². The third-order valence-electron chi connectivity index (χ3n) is 7.80. The highest BCUT2D eigenvalue weighted by Gasteiger charge is 2.31. The highest BCUT2D eigenvalue weighted by molar-refractivity contribution is 7.73. The normalized spacial score (nSPS) is 16.7. The lowest BCUT2D eigenvalue weighted by atomic mass is 9.81. The molecular weight excluding hydrogens is 439 g/mol. The van der Waals surface area contributed by atoms with Gasteiger partial charge in [-0.2, -0.15) is 0 Å². The van der Waals surface area contributed by atoms with Crippen molar-refractivity contribution in [3.63, 3.8) is 0 Å². The van der Waals surface area contributed by atoms with Gasteiger partial charge in [0.15, 0.2) is 0 Å². The molecule has 1 aliphatic rings. The molecule has 0 N–H and O–H groups in total. The average Bonchev–Trinajstić information content (AvgIpc) is 2.72. The van der Waals surface area contributed by atoms with Gasteiger partial charge in [-0.05, 0) is 80.9 Å². The van der Waals surface area contributed by atoms with Crippen molar-refractivity contribution in [1.29, 1.82) is 0 Å².